The summed E-state index contributed by atoms with van der Waals surface area (Å²) < 4.78 is 0. The molecule has 2 nitrogen and oxygen atoms in total. The highest BCUT2D eigenvalue weighted by Gasteiger charge is 2.64. The van der Waals surface area contributed by atoms with Crippen LogP contribution >= 0.6 is 0 Å². The second-order valence-electron chi connectivity index (χ2n) is 9.40. The molecule has 4 aliphatic rings. The van der Waals surface area contributed by atoms with E-state index < -0.39 is 11.4 Å². The van der Waals surface area contributed by atoms with Gasteiger partial charge >= 0.3 is 5.97 Å². The Morgan fingerprint density at radius 1 is 1.14 bits per heavy atom. The van der Waals surface area contributed by atoms with Crippen molar-refractivity contribution in [3.63, 3.8) is 0 Å². The maximum Gasteiger partial charge on any atom is 0.309 e. The highest BCUT2D eigenvalue weighted by molar-refractivity contribution is 5.75. The van der Waals surface area contributed by atoms with E-state index in [-0.39, 0.29) is 5.41 Å². The van der Waals surface area contributed by atoms with E-state index in [1.54, 1.807) is 0 Å². The van der Waals surface area contributed by atoms with Gasteiger partial charge in [0.15, 0.2) is 0 Å². The molecule has 0 heterocycles. The van der Waals surface area contributed by atoms with E-state index in [0.29, 0.717) is 11.3 Å². The fourth-order valence-electron chi connectivity index (χ4n) is 7.61. The van der Waals surface area contributed by atoms with E-state index in [1.165, 1.54) is 44.1 Å². The van der Waals surface area contributed by atoms with Crippen molar-refractivity contribution in [2.45, 2.75) is 71.6 Å². The number of allylic oxidation sites excluding steroid dienone is 1. The van der Waals surface area contributed by atoms with Crippen LogP contribution < -0.4 is 0 Å². The smallest absolute Gasteiger partial charge is 0.309 e. The number of carbonyl (C=O) groups is 1. The van der Waals surface area contributed by atoms with Gasteiger partial charge in [-0.25, -0.2) is 0 Å². The Hall–Kier alpha value is -0.790. The topological polar surface area (TPSA) is 37.3 Å². The summed E-state index contributed by atoms with van der Waals surface area (Å²) in [5.74, 6) is 1.32. The van der Waals surface area contributed by atoms with Gasteiger partial charge in [0.05, 0.1) is 5.41 Å². The SMILES string of the molecule is C=C1C[C@@]23CCC4[C@@](C)(CCC[C@@]4(C)C(=O)O)C2CCC1C3. The molecule has 0 aromatic heterocycles. The number of fused-ring (bicyclic) bond motifs is 3. The summed E-state index contributed by atoms with van der Waals surface area (Å²) in [6.45, 7) is 8.86. The number of hydrogen-bond acceptors (Lipinski definition) is 1. The molecule has 0 saturated heterocycles. The zero-order chi connectivity index (χ0) is 15.8. The van der Waals surface area contributed by atoms with E-state index in [2.05, 4.69) is 13.5 Å². The van der Waals surface area contributed by atoms with Gasteiger partial charge < -0.3 is 5.11 Å². The number of aliphatic carboxylic acids is 1. The summed E-state index contributed by atoms with van der Waals surface area (Å²) in [7, 11) is 0. The minimum Gasteiger partial charge on any atom is -0.481 e. The first-order valence-electron chi connectivity index (χ1n) is 9.23. The molecule has 122 valence electrons. The van der Waals surface area contributed by atoms with Crippen molar-refractivity contribution in [3.05, 3.63) is 12.2 Å². The fourth-order valence-corrected chi connectivity index (χ4v) is 7.61. The standard InChI is InChI=1S/C20H30O2/c1-13-11-20-10-7-15-18(2,16(20)6-5-14(13)12-20)8-4-9-19(15,3)17(21)22/h14-16H,1,4-12H2,2-3H3,(H,21,22)/t14?,15?,16?,18-,19-,20-/m1/s1. The number of carboxylic acids is 1. The predicted octanol–water partition coefficient (Wildman–Crippen LogP) is 5.04. The molecule has 22 heavy (non-hydrogen) atoms. The lowest BCUT2D eigenvalue weighted by Gasteiger charge is -2.63. The van der Waals surface area contributed by atoms with E-state index in [9.17, 15) is 9.90 Å². The third-order valence-electron chi connectivity index (χ3n) is 8.54. The van der Waals surface area contributed by atoms with Gasteiger partial charge in [0.25, 0.3) is 0 Å². The van der Waals surface area contributed by atoms with E-state index in [1.807, 2.05) is 6.92 Å². The number of carboxylic acid groups (broad SMARTS) is 1. The first-order valence-corrected chi connectivity index (χ1v) is 9.23. The number of rotatable bonds is 1. The normalized spacial score (nSPS) is 53.7. The average Bonchev–Trinajstić information content (AvgIpc) is 2.68. The van der Waals surface area contributed by atoms with Crippen molar-refractivity contribution in [2.75, 3.05) is 0 Å². The zero-order valence-corrected chi connectivity index (χ0v) is 14.2. The van der Waals surface area contributed by atoms with E-state index in [4.69, 9.17) is 0 Å². The molecule has 0 aromatic rings. The van der Waals surface area contributed by atoms with Crippen LogP contribution in [0.4, 0.5) is 0 Å². The second-order valence-corrected chi connectivity index (χ2v) is 9.40. The van der Waals surface area contributed by atoms with Crippen molar-refractivity contribution in [2.24, 2.45) is 34.0 Å². The molecule has 0 amide bonds. The Labute approximate surface area is 134 Å². The first-order chi connectivity index (χ1) is 10.3. The third-order valence-corrected chi connectivity index (χ3v) is 8.54. The Bertz CT molecular complexity index is 538. The average molecular weight is 302 g/mol. The largest absolute Gasteiger partial charge is 0.481 e. The summed E-state index contributed by atoms with van der Waals surface area (Å²) in [6.07, 6.45) is 10.8. The van der Waals surface area contributed by atoms with Gasteiger partial charge in [-0.15, -0.1) is 0 Å². The molecular formula is C20H30O2. The van der Waals surface area contributed by atoms with Gasteiger partial charge in [0, 0.05) is 0 Å². The third kappa shape index (κ3) is 1.65. The molecule has 1 N–H and O–H groups in total. The van der Waals surface area contributed by atoms with Crippen LogP contribution in [0.3, 0.4) is 0 Å². The van der Waals surface area contributed by atoms with E-state index >= 15 is 0 Å². The summed E-state index contributed by atoms with van der Waals surface area (Å²) in [5, 5.41) is 9.90. The maximum absolute atomic E-state index is 12.0. The Balaban J connectivity index is 1.75. The van der Waals surface area contributed by atoms with Crippen LogP contribution in [0, 0.1) is 34.0 Å². The fraction of sp³-hybridized carbons (Fsp3) is 0.850. The molecule has 0 radical (unpaired) electrons. The van der Waals surface area contributed by atoms with Crippen LogP contribution in [-0.2, 0) is 4.79 Å². The summed E-state index contributed by atoms with van der Waals surface area (Å²) in [5.41, 5.74) is 1.71. The highest BCUT2D eigenvalue weighted by Crippen LogP contribution is 2.72. The molecular weight excluding hydrogens is 272 g/mol. The molecule has 3 unspecified atom stereocenters. The molecule has 4 fully saturated rings. The maximum atomic E-state index is 12.0. The Morgan fingerprint density at radius 2 is 1.91 bits per heavy atom. The molecule has 4 rings (SSSR count). The first kappa shape index (κ1) is 14.8. The summed E-state index contributed by atoms with van der Waals surface area (Å²) in [4.78, 5) is 12.0. The summed E-state index contributed by atoms with van der Waals surface area (Å²) in [6, 6.07) is 0. The molecule has 2 heteroatoms. The minimum absolute atomic E-state index is 0.235. The molecule has 0 aliphatic heterocycles. The lowest BCUT2D eigenvalue weighted by Crippen LogP contribution is -2.58. The van der Waals surface area contributed by atoms with E-state index in [0.717, 1.165) is 31.1 Å². The van der Waals surface area contributed by atoms with Gasteiger partial charge in [-0.2, -0.15) is 0 Å². The monoisotopic (exact) mass is 302 g/mol. The van der Waals surface area contributed by atoms with Crippen molar-refractivity contribution in [1.82, 2.24) is 0 Å². The van der Waals surface area contributed by atoms with Crippen LogP contribution in [0.2, 0.25) is 0 Å². The second kappa shape index (κ2) is 4.39. The van der Waals surface area contributed by atoms with Crippen molar-refractivity contribution < 1.29 is 9.90 Å². The van der Waals surface area contributed by atoms with Crippen LogP contribution in [-0.4, -0.2) is 11.1 Å². The Kier molecular flexibility index (Phi) is 2.95. The van der Waals surface area contributed by atoms with Gasteiger partial charge in [-0.05, 0) is 86.9 Å². The quantitative estimate of drug-likeness (QED) is 0.689. The van der Waals surface area contributed by atoms with Crippen LogP contribution in [0.15, 0.2) is 12.2 Å². The summed E-state index contributed by atoms with van der Waals surface area (Å²) >= 11 is 0. The van der Waals surface area contributed by atoms with Crippen LogP contribution in [0.1, 0.15) is 71.6 Å². The minimum atomic E-state index is -0.552. The predicted molar refractivity (Wildman–Crippen MR) is 87.4 cm³/mol. The Morgan fingerprint density at radius 3 is 2.64 bits per heavy atom. The molecule has 0 aromatic carbocycles. The van der Waals surface area contributed by atoms with Gasteiger partial charge in [-0.3, -0.25) is 4.79 Å². The van der Waals surface area contributed by atoms with Crippen LogP contribution in [0.5, 0.6) is 0 Å². The number of hydrogen-bond donors (Lipinski definition) is 1. The van der Waals surface area contributed by atoms with Gasteiger partial charge in [-0.1, -0.05) is 25.5 Å². The molecule has 2 bridgehead atoms. The van der Waals surface area contributed by atoms with Crippen molar-refractivity contribution in [3.8, 4) is 0 Å². The molecule has 4 saturated carbocycles. The lowest BCUT2D eigenvalue weighted by atomic mass is 9.41. The van der Waals surface area contributed by atoms with Crippen molar-refractivity contribution >= 4 is 5.97 Å². The molecule has 4 aliphatic carbocycles. The zero-order valence-electron chi connectivity index (χ0n) is 14.2. The highest BCUT2D eigenvalue weighted by atomic mass is 16.4. The lowest BCUT2D eigenvalue weighted by molar-refractivity contribution is -0.181. The van der Waals surface area contributed by atoms with Gasteiger partial charge in [0.2, 0.25) is 0 Å². The molecule has 6 atom stereocenters. The molecule has 1 spiro atoms. The van der Waals surface area contributed by atoms with Crippen LogP contribution in [0.25, 0.3) is 0 Å². The van der Waals surface area contributed by atoms with Crippen molar-refractivity contribution in [1.29, 1.82) is 0 Å². The van der Waals surface area contributed by atoms with Gasteiger partial charge in [0.1, 0.15) is 0 Å².